The van der Waals surface area contributed by atoms with Gasteiger partial charge in [-0.05, 0) is 26.3 Å². The zero-order valence-electron chi connectivity index (χ0n) is 13.5. The Morgan fingerprint density at radius 1 is 1.26 bits per heavy atom. The molecular formula is C15H32N2O2. The number of methoxy groups -OCH3 is 1. The molecule has 0 bridgehead atoms. The number of hydrogen-bond acceptors (Lipinski definition) is 4. The van der Waals surface area contributed by atoms with Crippen LogP contribution in [0.1, 0.15) is 53.9 Å². The molecule has 0 amide bonds. The molecule has 0 aromatic carbocycles. The molecule has 0 saturated carbocycles. The van der Waals surface area contributed by atoms with Gasteiger partial charge in [0.05, 0.1) is 7.11 Å². The molecule has 0 rings (SSSR count). The van der Waals surface area contributed by atoms with Gasteiger partial charge in [0, 0.05) is 18.6 Å². The van der Waals surface area contributed by atoms with Gasteiger partial charge in [0.2, 0.25) is 0 Å². The molecule has 0 saturated heterocycles. The number of rotatable bonds is 10. The molecule has 0 aliphatic heterocycles. The van der Waals surface area contributed by atoms with Crippen molar-refractivity contribution in [2.45, 2.75) is 72.0 Å². The third-order valence-corrected chi connectivity index (χ3v) is 3.45. The molecule has 4 heteroatoms. The van der Waals surface area contributed by atoms with Crippen LogP contribution in [0.25, 0.3) is 0 Å². The van der Waals surface area contributed by atoms with Crippen molar-refractivity contribution in [2.24, 2.45) is 0 Å². The minimum atomic E-state index is -0.240. The average Bonchev–Trinajstić information content (AvgIpc) is 2.39. The molecule has 4 nitrogen and oxygen atoms in total. The van der Waals surface area contributed by atoms with E-state index >= 15 is 0 Å². The Kier molecular flexibility index (Phi) is 9.88. The first-order valence-corrected chi connectivity index (χ1v) is 7.54. The number of carbonyl (C=O) groups is 1. The lowest BCUT2D eigenvalue weighted by Gasteiger charge is -2.32. The zero-order valence-corrected chi connectivity index (χ0v) is 13.5. The summed E-state index contributed by atoms with van der Waals surface area (Å²) in [4.78, 5) is 14.2. The van der Waals surface area contributed by atoms with Crippen LogP contribution in [0.5, 0.6) is 0 Å². The van der Waals surface area contributed by atoms with Crippen LogP contribution in [0, 0.1) is 0 Å². The maximum absolute atomic E-state index is 11.9. The van der Waals surface area contributed by atoms with E-state index in [0.717, 1.165) is 19.5 Å². The highest BCUT2D eigenvalue weighted by Crippen LogP contribution is 2.08. The second kappa shape index (κ2) is 10.2. The van der Waals surface area contributed by atoms with Gasteiger partial charge in [-0.1, -0.05) is 34.1 Å². The van der Waals surface area contributed by atoms with E-state index in [0.29, 0.717) is 6.04 Å². The van der Waals surface area contributed by atoms with Gasteiger partial charge in [0.15, 0.2) is 0 Å². The zero-order chi connectivity index (χ0) is 14.8. The van der Waals surface area contributed by atoms with Crippen LogP contribution in [0.4, 0.5) is 0 Å². The van der Waals surface area contributed by atoms with Crippen molar-refractivity contribution in [1.82, 2.24) is 10.2 Å². The molecule has 0 aliphatic carbocycles. The number of hydrogen-bond donors (Lipinski definition) is 1. The van der Waals surface area contributed by atoms with E-state index < -0.39 is 0 Å². The van der Waals surface area contributed by atoms with E-state index in [4.69, 9.17) is 4.74 Å². The topological polar surface area (TPSA) is 41.6 Å². The van der Waals surface area contributed by atoms with Crippen LogP contribution in [0.3, 0.4) is 0 Å². The van der Waals surface area contributed by atoms with Gasteiger partial charge >= 0.3 is 5.97 Å². The van der Waals surface area contributed by atoms with Crippen LogP contribution >= 0.6 is 0 Å². The number of nitrogens with zero attached hydrogens (tertiary/aromatic N) is 1. The Bertz CT molecular complexity index is 244. The quantitative estimate of drug-likeness (QED) is 0.620. The molecule has 114 valence electrons. The van der Waals surface area contributed by atoms with E-state index in [2.05, 4.69) is 44.8 Å². The van der Waals surface area contributed by atoms with Crippen LogP contribution in [0.15, 0.2) is 0 Å². The van der Waals surface area contributed by atoms with E-state index in [1.807, 2.05) is 0 Å². The molecule has 0 aromatic rings. The van der Waals surface area contributed by atoms with E-state index in [1.54, 1.807) is 0 Å². The van der Waals surface area contributed by atoms with Crippen LogP contribution in [-0.2, 0) is 9.53 Å². The largest absolute Gasteiger partial charge is 0.468 e. The molecule has 0 fully saturated rings. The van der Waals surface area contributed by atoms with Gasteiger partial charge in [-0.3, -0.25) is 9.69 Å². The fourth-order valence-electron chi connectivity index (χ4n) is 2.09. The Labute approximate surface area is 118 Å². The first-order chi connectivity index (χ1) is 8.96. The number of carbonyl (C=O) groups excluding carboxylic acids is 1. The van der Waals surface area contributed by atoms with Gasteiger partial charge in [0.1, 0.15) is 6.04 Å². The Morgan fingerprint density at radius 3 is 2.32 bits per heavy atom. The molecule has 2 unspecified atom stereocenters. The Morgan fingerprint density at radius 2 is 1.89 bits per heavy atom. The Balaban J connectivity index is 4.65. The lowest BCUT2D eigenvalue weighted by molar-refractivity contribution is -0.144. The van der Waals surface area contributed by atoms with E-state index in [1.165, 1.54) is 20.0 Å². The summed E-state index contributed by atoms with van der Waals surface area (Å²) < 4.78 is 4.90. The van der Waals surface area contributed by atoms with Crippen LogP contribution in [-0.4, -0.2) is 49.2 Å². The van der Waals surface area contributed by atoms with Crippen molar-refractivity contribution in [2.75, 3.05) is 20.2 Å². The number of nitrogens with one attached hydrogen (secondary N) is 1. The summed E-state index contributed by atoms with van der Waals surface area (Å²) in [6, 6.07) is 0.526. The predicted octanol–water partition coefficient (Wildman–Crippen LogP) is 2.43. The second-order valence-electron chi connectivity index (χ2n) is 5.50. The van der Waals surface area contributed by atoms with Crippen molar-refractivity contribution < 1.29 is 9.53 Å². The normalized spacial score (nSPS) is 14.7. The van der Waals surface area contributed by atoms with Gasteiger partial charge < -0.3 is 10.1 Å². The van der Waals surface area contributed by atoms with E-state index in [9.17, 15) is 4.79 Å². The third kappa shape index (κ3) is 7.53. The lowest BCUT2D eigenvalue weighted by atomic mass is 10.1. The average molecular weight is 272 g/mol. The molecular weight excluding hydrogens is 240 g/mol. The van der Waals surface area contributed by atoms with Crippen molar-refractivity contribution in [3.05, 3.63) is 0 Å². The summed E-state index contributed by atoms with van der Waals surface area (Å²) in [6.45, 7) is 12.5. The molecule has 0 heterocycles. The summed E-state index contributed by atoms with van der Waals surface area (Å²) in [5.41, 5.74) is 0. The van der Waals surface area contributed by atoms with Gasteiger partial charge in [-0.15, -0.1) is 0 Å². The molecule has 0 aromatic heterocycles. The van der Waals surface area contributed by atoms with Crippen LogP contribution in [0.2, 0.25) is 0 Å². The Hall–Kier alpha value is -0.610. The standard InChI is InChI=1S/C15H32N2O2/c1-7-9-10-17(13(5)8-2)11-14(15(18)19-6)16-12(3)4/h12-14,16H,7-11H2,1-6H3. The fraction of sp³-hybridized carbons (Fsp3) is 0.933. The van der Waals surface area contributed by atoms with Crippen molar-refractivity contribution in [1.29, 1.82) is 0 Å². The highest BCUT2D eigenvalue weighted by atomic mass is 16.5. The highest BCUT2D eigenvalue weighted by molar-refractivity contribution is 5.76. The summed E-state index contributed by atoms with van der Waals surface area (Å²) in [7, 11) is 1.46. The van der Waals surface area contributed by atoms with E-state index in [-0.39, 0.29) is 18.1 Å². The summed E-state index contributed by atoms with van der Waals surface area (Å²) in [6.07, 6.45) is 3.44. The minimum absolute atomic E-state index is 0.168. The first kappa shape index (κ1) is 18.4. The number of unbranched alkanes of at least 4 members (excludes halogenated alkanes) is 1. The highest BCUT2D eigenvalue weighted by Gasteiger charge is 2.24. The molecule has 1 N–H and O–H groups in total. The molecule has 19 heavy (non-hydrogen) atoms. The SMILES string of the molecule is CCCCN(CC(NC(C)C)C(=O)OC)C(C)CC. The maximum atomic E-state index is 11.9. The van der Waals surface area contributed by atoms with Crippen molar-refractivity contribution in [3.63, 3.8) is 0 Å². The second-order valence-corrected chi connectivity index (χ2v) is 5.50. The lowest BCUT2D eigenvalue weighted by Crippen LogP contribution is -2.51. The smallest absolute Gasteiger partial charge is 0.324 e. The third-order valence-electron chi connectivity index (χ3n) is 3.45. The molecule has 0 radical (unpaired) electrons. The monoisotopic (exact) mass is 272 g/mol. The fourth-order valence-corrected chi connectivity index (χ4v) is 2.09. The molecule has 0 aliphatic rings. The number of ether oxygens (including phenoxy) is 1. The van der Waals surface area contributed by atoms with Gasteiger partial charge in [0.25, 0.3) is 0 Å². The van der Waals surface area contributed by atoms with Crippen molar-refractivity contribution >= 4 is 5.97 Å². The minimum Gasteiger partial charge on any atom is -0.468 e. The van der Waals surface area contributed by atoms with Crippen molar-refractivity contribution in [3.8, 4) is 0 Å². The molecule has 2 atom stereocenters. The molecule has 0 spiro atoms. The first-order valence-electron chi connectivity index (χ1n) is 7.54. The predicted molar refractivity (Wildman–Crippen MR) is 80.3 cm³/mol. The number of esters is 1. The summed E-state index contributed by atoms with van der Waals surface area (Å²) in [5, 5.41) is 3.30. The van der Waals surface area contributed by atoms with Gasteiger partial charge in [-0.2, -0.15) is 0 Å². The van der Waals surface area contributed by atoms with Gasteiger partial charge in [-0.25, -0.2) is 0 Å². The van der Waals surface area contributed by atoms with Crippen LogP contribution < -0.4 is 5.32 Å². The maximum Gasteiger partial charge on any atom is 0.324 e. The summed E-state index contributed by atoms with van der Waals surface area (Å²) in [5.74, 6) is -0.168. The summed E-state index contributed by atoms with van der Waals surface area (Å²) >= 11 is 0.